The molecule has 0 spiro atoms. The van der Waals surface area contributed by atoms with Crippen molar-refractivity contribution in [1.29, 1.82) is 0 Å². The summed E-state index contributed by atoms with van der Waals surface area (Å²) in [5, 5.41) is 0. The van der Waals surface area contributed by atoms with Gasteiger partial charge in [-0.3, -0.25) is 4.90 Å². The number of methoxy groups -OCH3 is 1. The molecular weight excluding hydrogens is 463 g/mol. The van der Waals surface area contributed by atoms with E-state index in [1.54, 1.807) is 13.2 Å². The second kappa shape index (κ2) is 12.1. The van der Waals surface area contributed by atoms with Crippen LogP contribution >= 0.6 is 0 Å². The Morgan fingerprint density at radius 3 is 2.41 bits per heavy atom. The molecule has 2 aromatic carbocycles. The molecular formula is C32H41FN2O2. The normalized spacial score (nSPS) is 14.4. The van der Waals surface area contributed by atoms with E-state index in [2.05, 4.69) is 68.8 Å². The zero-order valence-corrected chi connectivity index (χ0v) is 23.1. The van der Waals surface area contributed by atoms with Crippen molar-refractivity contribution in [2.24, 2.45) is 5.92 Å². The molecule has 4 rings (SSSR count). The quantitative estimate of drug-likeness (QED) is 0.250. The Morgan fingerprint density at radius 2 is 1.76 bits per heavy atom. The van der Waals surface area contributed by atoms with E-state index < -0.39 is 0 Å². The molecule has 0 saturated heterocycles. The molecule has 0 bridgehead atoms. The number of rotatable bonds is 12. The SMILES string of the molecule is CCC(c1cccc(OCc2ccc(-c3cc(OC)ncc3F)c(CN(C(C)C)C(C)C)c2)c1)C1CC1. The molecule has 1 aliphatic rings. The average Bonchev–Trinajstić information content (AvgIpc) is 3.72. The highest BCUT2D eigenvalue weighted by atomic mass is 19.1. The van der Waals surface area contributed by atoms with Gasteiger partial charge >= 0.3 is 0 Å². The molecule has 3 aromatic rings. The maximum Gasteiger partial charge on any atom is 0.213 e. The van der Waals surface area contributed by atoms with E-state index in [0.29, 0.717) is 42.6 Å². The lowest BCUT2D eigenvalue weighted by atomic mass is 9.92. The number of nitrogens with zero attached hydrogens (tertiary/aromatic N) is 2. The van der Waals surface area contributed by atoms with Crippen LogP contribution in [0.15, 0.2) is 54.7 Å². The van der Waals surface area contributed by atoms with Gasteiger partial charge in [-0.15, -0.1) is 0 Å². The number of hydrogen-bond acceptors (Lipinski definition) is 4. The molecule has 0 amide bonds. The summed E-state index contributed by atoms with van der Waals surface area (Å²) in [4.78, 5) is 6.43. The van der Waals surface area contributed by atoms with Crippen LogP contribution in [0.5, 0.6) is 11.6 Å². The van der Waals surface area contributed by atoms with Crippen LogP contribution in [0.1, 0.15) is 76.5 Å². The summed E-state index contributed by atoms with van der Waals surface area (Å²) in [6.07, 6.45) is 5.08. The molecule has 1 fully saturated rings. The minimum Gasteiger partial charge on any atom is -0.489 e. The molecule has 1 aromatic heterocycles. The first-order chi connectivity index (χ1) is 17.8. The van der Waals surface area contributed by atoms with Crippen LogP contribution in [0.2, 0.25) is 0 Å². The minimum atomic E-state index is -0.357. The maximum absolute atomic E-state index is 14.9. The largest absolute Gasteiger partial charge is 0.489 e. The van der Waals surface area contributed by atoms with Gasteiger partial charge in [0.15, 0.2) is 0 Å². The number of halogens is 1. The Morgan fingerprint density at radius 1 is 1.00 bits per heavy atom. The fraction of sp³-hybridized carbons (Fsp3) is 0.469. The highest BCUT2D eigenvalue weighted by Crippen LogP contribution is 2.45. The summed E-state index contributed by atoms with van der Waals surface area (Å²) < 4.78 is 26.5. The van der Waals surface area contributed by atoms with Crippen LogP contribution in [0, 0.1) is 11.7 Å². The summed E-state index contributed by atoms with van der Waals surface area (Å²) >= 11 is 0. The lowest BCUT2D eigenvalue weighted by Crippen LogP contribution is -2.36. The van der Waals surface area contributed by atoms with Gasteiger partial charge in [-0.25, -0.2) is 9.37 Å². The third kappa shape index (κ3) is 6.70. The molecule has 1 heterocycles. The topological polar surface area (TPSA) is 34.6 Å². The van der Waals surface area contributed by atoms with Crippen LogP contribution in [0.3, 0.4) is 0 Å². The van der Waals surface area contributed by atoms with Crippen molar-refractivity contribution in [3.63, 3.8) is 0 Å². The highest BCUT2D eigenvalue weighted by molar-refractivity contribution is 5.69. The van der Waals surface area contributed by atoms with Gasteiger partial charge < -0.3 is 9.47 Å². The van der Waals surface area contributed by atoms with Crippen molar-refractivity contribution >= 4 is 0 Å². The number of ether oxygens (including phenoxy) is 2. The standard InChI is InChI=1S/C32H41FN2O2/c1-7-28(24-12-13-24)25-9-8-10-27(16-25)37-20-23-11-14-29(30-17-32(36-6)34-18-31(30)33)26(15-23)19-35(21(2)3)22(4)5/h8-11,14-18,21-22,24,28H,7,12-13,19-20H2,1-6H3. The summed E-state index contributed by atoms with van der Waals surface area (Å²) in [6.45, 7) is 12.2. The summed E-state index contributed by atoms with van der Waals surface area (Å²) in [6, 6.07) is 17.1. The van der Waals surface area contributed by atoms with Gasteiger partial charge in [0.25, 0.3) is 0 Å². The summed E-state index contributed by atoms with van der Waals surface area (Å²) in [7, 11) is 1.55. The lowest BCUT2D eigenvalue weighted by Gasteiger charge is -2.31. The lowest BCUT2D eigenvalue weighted by molar-refractivity contribution is 0.166. The minimum absolute atomic E-state index is 0.352. The number of pyridine rings is 1. The second-order valence-corrected chi connectivity index (χ2v) is 10.8. The molecule has 1 aliphatic carbocycles. The smallest absolute Gasteiger partial charge is 0.213 e. The second-order valence-electron chi connectivity index (χ2n) is 10.8. The first-order valence-electron chi connectivity index (χ1n) is 13.6. The van der Waals surface area contributed by atoms with Crippen molar-refractivity contribution in [3.05, 3.63) is 77.2 Å². The third-order valence-corrected chi connectivity index (χ3v) is 7.50. The molecule has 0 N–H and O–H groups in total. The van der Waals surface area contributed by atoms with E-state index in [4.69, 9.17) is 9.47 Å². The highest BCUT2D eigenvalue weighted by Gasteiger charge is 2.31. The predicted octanol–water partition coefficient (Wildman–Crippen LogP) is 8.00. The van der Waals surface area contributed by atoms with Gasteiger partial charge in [0.1, 0.15) is 18.2 Å². The molecule has 1 atom stereocenters. The van der Waals surface area contributed by atoms with E-state index in [9.17, 15) is 4.39 Å². The Bertz CT molecular complexity index is 1180. The van der Waals surface area contributed by atoms with Crippen LogP contribution in [0.4, 0.5) is 4.39 Å². The van der Waals surface area contributed by atoms with Crippen LogP contribution in [-0.4, -0.2) is 29.1 Å². The Balaban J connectivity index is 1.62. The Labute approximate surface area is 221 Å². The van der Waals surface area contributed by atoms with Gasteiger partial charge in [0.2, 0.25) is 5.88 Å². The fourth-order valence-electron chi connectivity index (χ4n) is 5.37. The molecule has 1 unspecified atom stereocenters. The number of benzene rings is 2. The van der Waals surface area contributed by atoms with E-state index in [0.717, 1.165) is 34.8 Å². The molecule has 4 nitrogen and oxygen atoms in total. The average molecular weight is 505 g/mol. The first-order valence-corrected chi connectivity index (χ1v) is 13.6. The first kappa shape index (κ1) is 27.1. The molecule has 0 radical (unpaired) electrons. The number of aromatic nitrogens is 1. The van der Waals surface area contributed by atoms with Gasteiger partial charge in [-0.05, 0) is 93.2 Å². The molecule has 198 valence electrons. The van der Waals surface area contributed by atoms with Crippen LogP contribution in [0.25, 0.3) is 11.1 Å². The zero-order chi connectivity index (χ0) is 26.5. The van der Waals surface area contributed by atoms with E-state index in [1.807, 2.05) is 18.2 Å². The Kier molecular flexibility index (Phi) is 8.86. The van der Waals surface area contributed by atoms with Crippen molar-refractivity contribution in [1.82, 2.24) is 9.88 Å². The van der Waals surface area contributed by atoms with Crippen molar-refractivity contribution in [2.75, 3.05) is 7.11 Å². The number of hydrogen-bond donors (Lipinski definition) is 0. The van der Waals surface area contributed by atoms with Crippen molar-refractivity contribution in [2.45, 2.75) is 85.0 Å². The fourth-order valence-corrected chi connectivity index (χ4v) is 5.37. The zero-order valence-electron chi connectivity index (χ0n) is 23.1. The van der Waals surface area contributed by atoms with Crippen molar-refractivity contribution in [3.8, 4) is 22.8 Å². The molecule has 0 aliphatic heterocycles. The van der Waals surface area contributed by atoms with Crippen LogP contribution in [-0.2, 0) is 13.2 Å². The van der Waals surface area contributed by atoms with E-state index in [-0.39, 0.29) is 5.82 Å². The van der Waals surface area contributed by atoms with Gasteiger partial charge in [0.05, 0.1) is 13.3 Å². The van der Waals surface area contributed by atoms with Crippen LogP contribution < -0.4 is 9.47 Å². The molecule has 37 heavy (non-hydrogen) atoms. The van der Waals surface area contributed by atoms with E-state index in [1.165, 1.54) is 24.6 Å². The predicted molar refractivity (Wildman–Crippen MR) is 149 cm³/mol. The molecule has 5 heteroatoms. The third-order valence-electron chi connectivity index (χ3n) is 7.50. The van der Waals surface area contributed by atoms with Gasteiger partial charge in [-0.2, -0.15) is 0 Å². The van der Waals surface area contributed by atoms with Gasteiger partial charge in [-0.1, -0.05) is 37.3 Å². The molecule has 1 saturated carbocycles. The monoisotopic (exact) mass is 504 g/mol. The summed E-state index contributed by atoms with van der Waals surface area (Å²) in [5.74, 6) is 2.39. The van der Waals surface area contributed by atoms with Gasteiger partial charge in [0, 0.05) is 30.3 Å². The Hall–Kier alpha value is -2.92. The maximum atomic E-state index is 14.9. The summed E-state index contributed by atoms with van der Waals surface area (Å²) in [5.41, 5.74) is 4.85. The van der Waals surface area contributed by atoms with E-state index >= 15 is 0 Å². The van der Waals surface area contributed by atoms with Crippen molar-refractivity contribution < 1.29 is 13.9 Å².